The molecule has 2 rings (SSSR count). The van der Waals surface area contributed by atoms with Crippen LogP contribution in [0.4, 0.5) is 25.0 Å². The maximum Gasteiger partial charge on any atom is 0.412 e. The average molecular weight is 475 g/mol. The van der Waals surface area contributed by atoms with Gasteiger partial charge in [0.1, 0.15) is 11.1 Å². The minimum absolute atomic E-state index is 0.163. The summed E-state index contributed by atoms with van der Waals surface area (Å²) in [5.74, 6) is -0.163. The molecule has 1 atom stereocenters. The van der Waals surface area contributed by atoms with Gasteiger partial charge in [0.25, 0.3) is 0 Å². The van der Waals surface area contributed by atoms with Gasteiger partial charge in [-0.2, -0.15) is 8.78 Å². The molecule has 0 bridgehead atoms. The summed E-state index contributed by atoms with van der Waals surface area (Å²) in [6, 6.07) is 6.76. The van der Waals surface area contributed by atoms with Crippen LogP contribution in [0.15, 0.2) is 42.5 Å². The van der Waals surface area contributed by atoms with E-state index in [9.17, 15) is 18.4 Å². The molecule has 0 fully saturated rings. The summed E-state index contributed by atoms with van der Waals surface area (Å²) in [5, 5.41) is 13.8. The number of halogens is 2. The molecule has 9 heteroatoms. The molecule has 184 valence electrons. The van der Waals surface area contributed by atoms with E-state index in [1.807, 2.05) is 0 Å². The smallest absolute Gasteiger partial charge is 0.412 e. The Morgan fingerprint density at radius 2 is 1.59 bits per heavy atom. The zero-order chi connectivity index (χ0) is 25.7. The first kappa shape index (κ1) is 26.9. The monoisotopic (exact) mass is 474 g/mol. The van der Waals surface area contributed by atoms with Crippen molar-refractivity contribution in [2.45, 2.75) is 64.6 Å². The van der Waals surface area contributed by atoms with Crippen LogP contribution < -0.4 is 16.4 Å². The van der Waals surface area contributed by atoms with E-state index in [1.165, 1.54) is 24.3 Å². The van der Waals surface area contributed by atoms with Crippen molar-refractivity contribution in [1.82, 2.24) is 0 Å². The number of alkyl halides is 2. The summed E-state index contributed by atoms with van der Waals surface area (Å²) in [7, 11) is 0. The lowest BCUT2D eigenvalue weighted by atomic mass is 9.81. The minimum Gasteiger partial charge on any atom is -0.444 e. The van der Waals surface area contributed by atoms with E-state index < -0.39 is 23.3 Å². The Hall–Kier alpha value is -3.33. The van der Waals surface area contributed by atoms with E-state index in [0.29, 0.717) is 28.9 Å². The number of carbonyl (C=O) groups is 2. The molecule has 2 aromatic rings. The van der Waals surface area contributed by atoms with Crippen LogP contribution in [0.3, 0.4) is 0 Å². The molecule has 0 aliphatic carbocycles. The predicted octanol–water partition coefficient (Wildman–Crippen LogP) is 5.74. The minimum atomic E-state index is -3.50. The van der Waals surface area contributed by atoms with Gasteiger partial charge in [-0.15, -0.1) is 0 Å². The topological polar surface area (TPSA) is 117 Å². The Morgan fingerprint density at radius 1 is 1.03 bits per heavy atom. The lowest BCUT2D eigenvalue weighted by Crippen LogP contribution is -2.43. The Balaban J connectivity index is 2.53. The molecule has 34 heavy (non-hydrogen) atoms. The highest BCUT2D eigenvalue weighted by atomic mass is 19.3. The number of benzene rings is 2. The zero-order valence-corrected chi connectivity index (χ0v) is 20.1. The Bertz CT molecular complexity index is 1040. The molecule has 5 N–H and O–H groups in total. The summed E-state index contributed by atoms with van der Waals surface area (Å²) in [4.78, 5) is 25.5. The summed E-state index contributed by atoms with van der Waals surface area (Å²) in [5.41, 5.74) is 4.14. The van der Waals surface area contributed by atoms with Gasteiger partial charge in [0.05, 0.1) is 5.69 Å². The fourth-order valence-corrected chi connectivity index (χ4v) is 3.65. The third kappa shape index (κ3) is 6.17. The third-order valence-corrected chi connectivity index (χ3v) is 5.32. The molecule has 0 saturated carbocycles. The Labute approximate surface area is 198 Å². The van der Waals surface area contributed by atoms with Gasteiger partial charge in [-0.1, -0.05) is 44.2 Å². The second-order valence-corrected chi connectivity index (χ2v) is 8.90. The van der Waals surface area contributed by atoms with Crippen molar-refractivity contribution in [2.75, 3.05) is 10.6 Å². The van der Waals surface area contributed by atoms with Crippen LogP contribution in [0, 0.1) is 5.41 Å². The number of carbonyl (C=O) groups excluding carboxylic acids is 2. The number of hydrogen-bond donors (Lipinski definition) is 4. The number of ether oxygens (including phenoxy) is 1. The second kappa shape index (κ2) is 10.3. The van der Waals surface area contributed by atoms with E-state index >= 15 is 0 Å². The van der Waals surface area contributed by atoms with Gasteiger partial charge in [0.15, 0.2) is 5.78 Å². The van der Waals surface area contributed by atoms with Crippen molar-refractivity contribution in [3.8, 4) is 0 Å². The molecule has 7 nitrogen and oxygen atoms in total. The van der Waals surface area contributed by atoms with E-state index in [-0.39, 0.29) is 17.8 Å². The normalized spacial score (nSPS) is 13.5. The highest BCUT2D eigenvalue weighted by molar-refractivity contribution is 6.00. The molecule has 1 amide bonds. The van der Waals surface area contributed by atoms with Gasteiger partial charge in [-0.3, -0.25) is 15.8 Å². The number of rotatable bonds is 9. The van der Waals surface area contributed by atoms with Crippen molar-refractivity contribution in [3.05, 3.63) is 59.2 Å². The molecule has 0 aliphatic heterocycles. The standard InChI is InChI=1S/C25H32F2N4O3/c1-6-21(32)24(7-2,16-11-13-17(14-12-16)25(26,27)29)31-20-10-8-9-19(18(20)15-28)30-22(33)34-23(3,4)5/h8-15,28,31H,6-7,29H2,1-5H3,(H,30,33). The van der Waals surface area contributed by atoms with Crippen LogP contribution in [0.1, 0.15) is 64.2 Å². The van der Waals surface area contributed by atoms with Crippen LogP contribution in [0.2, 0.25) is 0 Å². The predicted molar refractivity (Wildman–Crippen MR) is 130 cm³/mol. The highest BCUT2D eigenvalue weighted by Gasteiger charge is 2.38. The Kier molecular flexibility index (Phi) is 8.15. The number of Topliss-reactive ketones (excluding diaryl/α,β-unsaturated/α-hetero) is 1. The number of amides is 1. The molecule has 1 unspecified atom stereocenters. The van der Waals surface area contributed by atoms with Crippen LogP contribution >= 0.6 is 0 Å². The number of anilines is 2. The van der Waals surface area contributed by atoms with Gasteiger partial charge in [-0.05, 0) is 44.9 Å². The molecule has 0 radical (unpaired) electrons. The Morgan fingerprint density at radius 3 is 2.06 bits per heavy atom. The van der Waals surface area contributed by atoms with Crippen molar-refractivity contribution in [1.29, 1.82) is 5.41 Å². The summed E-state index contributed by atoms with van der Waals surface area (Å²) < 4.78 is 32.3. The fraction of sp³-hybridized carbons (Fsp3) is 0.400. The summed E-state index contributed by atoms with van der Waals surface area (Å²) in [6.07, 6.45) is 0.867. The lowest BCUT2D eigenvalue weighted by molar-refractivity contribution is -0.123. The van der Waals surface area contributed by atoms with Gasteiger partial charge in [-0.25, -0.2) is 4.79 Å². The third-order valence-electron chi connectivity index (χ3n) is 5.32. The molecule has 0 heterocycles. The number of nitrogens with two attached hydrogens (primary N) is 1. The number of ketones is 1. The first-order chi connectivity index (χ1) is 15.8. The van der Waals surface area contributed by atoms with Crippen molar-refractivity contribution < 1.29 is 23.1 Å². The quantitative estimate of drug-likeness (QED) is 0.273. The highest BCUT2D eigenvalue weighted by Crippen LogP contribution is 2.36. The van der Waals surface area contributed by atoms with Gasteiger partial charge in [0, 0.05) is 29.4 Å². The maximum absolute atomic E-state index is 13.5. The maximum atomic E-state index is 13.5. The average Bonchev–Trinajstić information content (AvgIpc) is 2.75. The van der Waals surface area contributed by atoms with Crippen molar-refractivity contribution in [3.63, 3.8) is 0 Å². The van der Waals surface area contributed by atoms with E-state index in [4.69, 9.17) is 15.9 Å². The first-order valence-electron chi connectivity index (χ1n) is 11.0. The molecule has 0 saturated heterocycles. The van der Waals surface area contributed by atoms with E-state index in [2.05, 4.69) is 10.6 Å². The number of nitrogens with one attached hydrogen (secondary N) is 3. The van der Waals surface area contributed by atoms with Crippen molar-refractivity contribution >= 4 is 29.5 Å². The van der Waals surface area contributed by atoms with E-state index in [0.717, 1.165) is 6.21 Å². The first-order valence-corrected chi connectivity index (χ1v) is 11.0. The molecule has 0 aliphatic rings. The van der Waals surface area contributed by atoms with Crippen LogP contribution in [-0.4, -0.2) is 23.7 Å². The van der Waals surface area contributed by atoms with Gasteiger partial charge >= 0.3 is 12.1 Å². The van der Waals surface area contributed by atoms with E-state index in [1.54, 1.807) is 52.8 Å². The lowest BCUT2D eigenvalue weighted by Gasteiger charge is -2.35. The van der Waals surface area contributed by atoms with Crippen molar-refractivity contribution in [2.24, 2.45) is 5.73 Å². The molecule has 0 aromatic heterocycles. The molecular weight excluding hydrogens is 442 g/mol. The SMILES string of the molecule is CCC(=O)C(CC)(Nc1cccc(NC(=O)OC(C)(C)C)c1C=N)c1ccc(C(N)(F)F)cc1. The van der Waals surface area contributed by atoms with Gasteiger partial charge < -0.3 is 15.5 Å². The molecule has 2 aromatic carbocycles. The zero-order valence-electron chi connectivity index (χ0n) is 20.1. The summed E-state index contributed by atoms with van der Waals surface area (Å²) in [6.45, 7) is 8.73. The van der Waals surface area contributed by atoms with Crippen LogP contribution in [0.25, 0.3) is 0 Å². The largest absolute Gasteiger partial charge is 0.444 e. The molecule has 0 spiro atoms. The summed E-state index contributed by atoms with van der Waals surface area (Å²) >= 11 is 0. The number of hydrogen-bond acceptors (Lipinski definition) is 6. The van der Waals surface area contributed by atoms with Gasteiger partial charge in [0.2, 0.25) is 0 Å². The van der Waals surface area contributed by atoms with Crippen LogP contribution in [0.5, 0.6) is 0 Å². The molecular formula is C25H32F2N4O3. The van der Waals surface area contributed by atoms with Crippen LogP contribution in [-0.2, 0) is 21.1 Å². The second-order valence-electron chi connectivity index (χ2n) is 8.90. The fourth-order valence-electron chi connectivity index (χ4n) is 3.65.